The molecule has 0 N–H and O–H groups in total. The second-order valence-corrected chi connectivity index (χ2v) is 8.17. The SMILES string of the molecule is CCCn1nccc1-c1nccnc1[C@@H]1CCCN(S(C)(=O)=O)C1. The first-order valence-electron chi connectivity index (χ1n) is 8.29. The Morgan fingerprint density at radius 1 is 1.25 bits per heavy atom. The molecule has 0 aromatic carbocycles. The predicted octanol–water partition coefficient (Wildman–Crippen LogP) is 1.89. The second-order valence-electron chi connectivity index (χ2n) is 6.19. The molecule has 0 spiro atoms. The first-order valence-corrected chi connectivity index (χ1v) is 10.1. The summed E-state index contributed by atoms with van der Waals surface area (Å²) in [5.74, 6) is 0.0575. The van der Waals surface area contributed by atoms with E-state index in [-0.39, 0.29) is 5.92 Å². The van der Waals surface area contributed by atoms with E-state index in [0.29, 0.717) is 13.1 Å². The molecule has 24 heavy (non-hydrogen) atoms. The van der Waals surface area contributed by atoms with E-state index in [1.165, 1.54) is 6.26 Å². The Morgan fingerprint density at radius 2 is 2.04 bits per heavy atom. The Bertz CT molecular complexity index is 802. The lowest BCUT2D eigenvalue weighted by Crippen LogP contribution is -2.38. The van der Waals surface area contributed by atoms with Crippen LogP contribution < -0.4 is 0 Å². The van der Waals surface area contributed by atoms with E-state index in [0.717, 1.165) is 42.9 Å². The van der Waals surface area contributed by atoms with Crippen LogP contribution in [0, 0.1) is 0 Å². The lowest BCUT2D eigenvalue weighted by molar-refractivity contribution is 0.314. The summed E-state index contributed by atoms with van der Waals surface area (Å²) in [4.78, 5) is 9.09. The number of hydrogen-bond acceptors (Lipinski definition) is 5. The van der Waals surface area contributed by atoms with Crippen LogP contribution in [0.3, 0.4) is 0 Å². The molecular weight excluding hydrogens is 326 g/mol. The van der Waals surface area contributed by atoms with Crippen molar-refractivity contribution in [1.82, 2.24) is 24.1 Å². The summed E-state index contributed by atoms with van der Waals surface area (Å²) >= 11 is 0. The number of rotatable bonds is 5. The van der Waals surface area contributed by atoms with E-state index >= 15 is 0 Å². The van der Waals surface area contributed by atoms with Gasteiger partial charge in [0, 0.05) is 44.1 Å². The molecule has 0 aliphatic carbocycles. The van der Waals surface area contributed by atoms with Gasteiger partial charge in [0.15, 0.2) is 0 Å². The Labute approximate surface area is 142 Å². The molecule has 0 radical (unpaired) electrons. The number of nitrogens with zero attached hydrogens (tertiary/aromatic N) is 5. The van der Waals surface area contributed by atoms with Crippen LogP contribution in [0.1, 0.15) is 37.8 Å². The summed E-state index contributed by atoms with van der Waals surface area (Å²) in [6.07, 6.45) is 9.13. The number of hydrogen-bond donors (Lipinski definition) is 0. The van der Waals surface area contributed by atoms with Crippen molar-refractivity contribution in [2.24, 2.45) is 0 Å². The third-order valence-electron chi connectivity index (χ3n) is 4.36. The molecule has 1 fully saturated rings. The van der Waals surface area contributed by atoms with Crippen molar-refractivity contribution in [3.63, 3.8) is 0 Å². The van der Waals surface area contributed by atoms with Crippen molar-refractivity contribution in [2.45, 2.75) is 38.6 Å². The van der Waals surface area contributed by atoms with Gasteiger partial charge in [-0.1, -0.05) is 6.92 Å². The molecule has 0 unspecified atom stereocenters. The zero-order valence-corrected chi connectivity index (χ0v) is 14.9. The number of aromatic nitrogens is 4. The maximum absolute atomic E-state index is 11.9. The van der Waals surface area contributed by atoms with Gasteiger partial charge in [-0.05, 0) is 25.3 Å². The molecule has 3 rings (SSSR count). The van der Waals surface area contributed by atoms with Gasteiger partial charge in [-0.25, -0.2) is 12.7 Å². The van der Waals surface area contributed by atoms with Crippen LogP contribution >= 0.6 is 0 Å². The van der Waals surface area contributed by atoms with Crippen LogP contribution in [-0.2, 0) is 16.6 Å². The van der Waals surface area contributed by atoms with Gasteiger partial charge < -0.3 is 0 Å². The monoisotopic (exact) mass is 349 g/mol. The lowest BCUT2D eigenvalue weighted by atomic mass is 9.93. The van der Waals surface area contributed by atoms with E-state index in [1.54, 1.807) is 22.9 Å². The standard InChI is InChI=1S/C16H23N5O2S/c1-3-10-21-14(6-7-19-21)16-15(17-8-9-18-16)13-5-4-11-20(12-13)24(2,22)23/h6-9,13H,3-5,10-12H2,1-2H3/t13-/m1/s1. The Kier molecular flexibility index (Phi) is 4.96. The summed E-state index contributed by atoms with van der Waals surface area (Å²) in [6.45, 7) is 3.97. The molecule has 1 atom stereocenters. The van der Waals surface area contributed by atoms with E-state index < -0.39 is 10.0 Å². The maximum Gasteiger partial charge on any atom is 0.211 e. The average Bonchev–Trinajstić information content (AvgIpc) is 3.03. The van der Waals surface area contributed by atoms with Crippen LogP contribution in [-0.4, -0.2) is 51.8 Å². The van der Waals surface area contributed by atoms with Crippen molar-refractivity contribution in [3.05, 3.63) is 30.4 Å². The highest BCUT2D eigenvalue weighted by Crippen LogP contribution is 2.32. The fourth-order valence-electron chi connectivity index (χ4n) is 3.24. The molecule has 0 bridgehead atoms. The number of aryl methyl sites for hydroxylation is 1. The van der Waals surface area contributed by atoms with Gasteiger partial charge >= 0.3 is 0 Å². The Hall–Kier alpha value is -1.80. The molecule has 0 amide bonds. The van der Waals surface area contributed by atoms with E-state index in [9.17, 15) is 8.42 Å². The van der Waals surface area contributed by atoms with Gasteiger partial charge in [0.1, 0.15) is 5.69 Å². The summed E-state index contributed by atoms with van der Waals surface area (Å²) in [5, 5.41) is 4.37. The van der Waals surface area contributed by atoms with Gasteiger partial charge in [-0.15, -0.1) is 0 Å². The molecule has 1 aliphatic rings. The zero-order chi connectivity index (χ0) is 17.2. The molecule has 2 aromatic heterocycles. The Balaban J connectivity index is 1.96. The first-order chi connectivity index (χ1) is 11.5. The molecule has 130 valence electrons. The molecule has 1 saturated heterocycles. The van der Waals surface area contributed by atoms with Crippen LogP contribution in [0.4, 0.5) is 0 Å². The zero-order valence-electron chi connectivity index (χ0n) is 14.1. The summed E-state index contributed by atoms with van der Waals surface area (Å²) in [5.41, 5.74) is 2.61. The van der Waals surface area contributed by atoms with Gasteiger partial charge in [-0.2, -0.15) is 5.10 Å². The molecule has 2 aromatic rings. The third-order valence-corrected chi connectivity index (χ3v) is 5.63. The second kappa shape index (κ2) is 6.98. The minimum Gasteiger partial charge on any atom is -0.263 e. The molecule has 8 heteroatoms. The molecule has 7 nitrogen and oxygen atoms in total. The van der Waals surface area contributed by atoms with Crippen LogP contribution in [0.2, 0.25) is 0 Å². The van der Waals surface area contributed by atoms with E-state index in [4.69, 9.17) is 0 Å². The average molecular weight is 349 g/mol. The van der Waals surface area contributed by atoms with Crippen molar-refractivity contribution >= 4 is 10.0 Å². The minimum absolute atomic E-state index is 0.0575. The fraction of sp³-hybridized carbons (Fsp3) is 0.562. The minimum atomic E-state index is -3.18. The van der Waals surface area contributed by atoms with E-state index in [2.05, 4.69) is 22.0 Å². The first kappa shape index (κ1) is 17.0. The van der Waals surface area contributed by atoms with E-state index in [1.807, 2.05) is 10.7 Å². The fourth-order valence-corrected chi connectivity index (χ4v) is 4.15. The van der Waals surface area contributed by atoms with Crippen LogP contribution in [0.5, 0.6) is 0 Å². The number of piperidine rings is 1. The molecular formula is C16H23N5O2S. The highest BCUT2D eigenvalue weighted by molar-refractivity contribution is 7.88. The van der Waals surface area contributed by atoms with Gasteiger partial charge in [0.25, 0.3) is 0 Å². The maximum atomic E-state index is 11.9. The summed E-state index contributed by atoms with van der Waals surface area (Å²) in [7, 11) is -3.18. The third kappa shape index (κ3) is 3.49. The summed E-state index contributed by atoms with van der Waals surface area (Å²) in [6, 6.07) is 1.94. The van der Waals surface area contributed by atoms with Crippen LogP contribution in [0.15, 0.2) is 24.7 Å². The van der Waals surface area contributed by atoms with Crippen LogP contribution in [0.25, 0.3) is 11.4 Å². The lowest BCUT2D eigenvalue weighted by Gasteiger charge is -2.31. The topological polar surface area (TPSA) is 81.0 Å². The van der Waals surface area contributed by atoms with Crippen molar-refractivity contribution in [2.75, 3.05) is 19.3 Å². The van der Waals surface area contributed by atoms with Crippen molar-refractivity contribution in [1.29, 1.82) is 0 Å². The smallest absolute Gasteiger partial charge is 0.211 e. The summed E-state index contributed by atoms with van der Waals surface area (Å²) < 4.78 is 27.3. The van der Waals surface area contributed by atoms with Crippen molar-refractivity contribution in [3.8, 4) is 11.4 Å². The van der Waals surface area contributed by atoms with Gasteiger partial charge in [0.05, 0.1) is 17.6 Å². The predicted molar refractivity (Wildman–Crippen MR) is 91.9 cm³/mol. The normalized spacial score (nSPS) is 19.5. The molecule has 1 aliphatic heterocycles. The molecule has 3 heterocycles. The van der Waals surface area contributed by atoms with Crippen molar-refractivity contribution < 1.29 is 8.42 Å². The highest BCUT2D eigenvalue weighted by Gasteiger charge is 2.30. The highest BCUT2D eigenvalue weighted by atomic mass is 32.2. The Morgan fingerprint density at radius 3 is 2.79 bits per heavy atom. The van der Waals surface area contributed by atoms with Gasteiger partial charge in [-0.3, -0.25) is 14.6 Å². The molecule has 0 saturated carbocycles. The quantitative estimate of drug-likeness (QED) is 0.823. The number of sulfonamides is 1. The van der Waals surface area contributed by atoms with Gasteiger partial charge in [0.2, 0.25) is 10.0 Å². The largest absolute Gasteiger partial charge is 0.263 e.